The Hall–Kier alpha value is -1.68. The van der Waals surface area contributed by atoms with E-state index in [0.717, 1.165) is 40.7 Å². The number of rotatable bonds is 5. The van der Waals surface area contributed by atoms with Gasteiger partial charge in [-0.1, -0.05) is 44.2 Å². The van der Waals surface area contributed by atoms with Gasteiger partial charge in [0.15, 0.2) is 0 Å². The van der Waals surface area contributed by atoms with Crippen LogP contribution in [0.4, 0.5) is 0 Å². The summed E-state index contributed by atoms with van der Waals surface area (Å²) in [5.41, 5.74) is 7.18. The van der Waals surface area contributed by atoms with Gasteiger partial charge in [0.25, 0.3) is 0 Å². The summed E-state index contributed by atoms with van der Waals surface area (Å²) in [6.07, 6.45) is 1.89. The van der Waals surface area contributed by atoms with Crippen molar-refractivity contribution in [1.29, 1.82) is 0 Å². The number of hydrogen-bond donors (Lipinski definition) is 3. The zero-order chi connectivity index (χ0) is 16.6. The summed E-state index contributed by atoms with van der Waals surface area (Å²) >= 11 is 0. The molecule has 0 radical (unpaired) electrons. The lowest BCUT2D eigenvalue weighted by Crippen LogP contribution is -2.23. The summed E-state index contributed by atoms with van der Waals surface area (Å²) in [4.78, 5) is 0. The molecule has 2 aromatic rings. The summed E-state index contributed by atoms with van der Waals surface area (Å²) < 4.78 is 0. The number of aliphatic hydroxyl groups excluding tert-OH is 3. The van der Waals surface area contributed by atoms with Crippen molar-refractivity contribution in [3.63, 3.8) is 0 Å². The van der Waals surface area contributed by atoms with Crippen LogP contribution in [0, 0.1) is 0 Å². The van der Waals surface area contributed by atoms with E-state index in [1.54, 1.807) is 0 Å². The van der Waals surface area contributed by atoms with Crippen molar-refractivity contribution in [1.82, 2.24) is 0 Å². The monoisotopic (exact) mass is 312 g/mol. The molecule has 0 saturated heterocycles. The molecule has 0 heterocycles. The second-order valence-electron chi connectivity index (χ2n) is 6.32. The van der Waals surface area contributed by atoms with E-state index < -0.39 is 0 Å². The van der Waals surface area contributed by atoms with Crippen molar-refractivity contribution in [3.8, 4) is 11.1 Å². The van der Waals surface area contributed by atoms with Crippen LogP contribution in [0.3, 0.4) is 0 Å². The molecular formula is C20H24O3. The Labute approximate surface area is 137 Å². The highest BCUT2D eigenvalue weighted by Crippen LogP contribution is 2.54. The summed E-state index contributed by atoms with van der Waals surface area (Å²) in [5, 5.41) is 28.9. The van der Waals surface area contributed by atoms with Crippen LogP contribution < -0.4 is 0 Å². The van der Waals surface area contributed by atoms with E-state index in [9.17, 15) is 15.3 Å². The molecule has 1 aliphatic rings. The number of benzene rings is 2. The molecule has 0 spiro atoms. The predicted molar refractivity (Wildman–Crippen MR) is 91.0 cm³/mol. The quantitative estimate of drug-likeness (QED) is 0.794. The number of fused-ring (bicyclic) bond motifs is 3. The molecule has 1 aliphatic carbocycles. The van der Waals surface area contributed by atoms with Crippen LogP contribution in [-0.4, -0.2) is 15.3 Å². The van der Waals surface area contributed by atoms with Gasteiger partial charge in [0, 0.05) is 5.41 Å². The third kappa shape index (κ3) is 2.23. The summed E-state index contributed by atoms with van der Waals surface area (Å²) in [6, 6.07) is 10.1. The van der Waals surface area contributed by atoms with Crippen molar-refractivity contribution in [2.75, 3.05) is 0 Å². The van der Waals surface area contributed by atoms with Gasteiger partial charge in [0.2, 0.25) is 0 Å². The van der Waals surface area contributed by atoms with Crippen LogP contribution in [0.2, 0.25) is 0 Å². The van der Waals surface area contributed by atoms with Gasteiger partial charge in [0.1, 0.15) is 0 Å². The van der Waals surface area contributed by atoms with Crippen molar-refractivity contribution in [3.05, 3.63) is 58.1 Å². The molecule has 0 aromatic heterocycles. The summed E-state index contributed by atoms with van der Waals surface area (Å²) in [5.74, 6) is 0. The molecule has 0 fully saturated rings. The molecule has 3 rings (SSSR count). The van der Waals surface area contributed by atoms with Crippen LogP contribution >= 0.6 is 0 Å². The van der Waals surface area contributed by atoms with E-state index in [1.807, 2.05) is 12.1 Å². The standard InChI is InChI=1S/C20H24O3/c1-3-20(4-2)17-8-13(10-21)5-6-16(17)19-15(12-23)7-14(11-22)9-18(19)20/h5-9,21-23H,3-4,10-12H2,1-2H3. The first-order valence-electron chi connectivity index (χ1n) is 8.27. The van der Waals surface area contributed by atoms with Crippen LogP contribution in [0.5, 0.6) is 0 Å². The first-order chi connectivity index (χ1) is 11.1. The van der Waals surface area contributed by atoms with Crippen LogP contribution in [0.15, 0.2) is 30.3 Å². The minimum Gasteiger partial charge on any atom is -0.392 e. The Kier molecular flexibility index (Phi) is 4.28. The van der Waals surface area contributed by atoms with E-state index in [2.05, 4.69) is 32.0 Å². The predicted octanol–water partition coefficient (Wildman–Crippen LogP) is 3.25. The van der Waals surface area contributed by atoms with E-state index >= 15 is 0 Å². The highest BCUT2D eigenvalue weighted by atomic mass is 16.3. The van der Waals surface area contributed by atoms with Crippen molar-refractivity contribution in [2.45, 2.75) is 51.9 Å². The van der Waals surface area contributed by atoms with Gasteiger partial charge in [-0.2, -0.15) is 0 Å². The van der Waals surface area contributed by atoms with E-state index in [0.29, 0.717) is 0 Å². The Morgan fingerprint density at radius 2 is 1.43 bits per heavy atom. The lowest BCUT2D eigenvalue weighted by Gasteiger charge is -2.30. The fraction of sp³-hybridized carbons (Fsp3) is 0.400. The van der Waals surface area contributed by atoms with Gasteiger partial charge in [-0.15, -0.1) is 0 Å². The molecule has 0 amide bonds. The Balaban J connectivity index is 2.38. The second kappa shape index (κ2) is 6.08. The van der Waals surface area contributed by atoms with Gasteiger partial charge in [0.05, 0.1) is 19.8 Å². The maximum absolute atomic E-state index is 9.84. The van der Waals surface area contributed by atoms with Crippen molar-refractivity contribution in [2.24, 2.45) is 0 Å². The van der Waals surface area contributed by atoms with E-state index in [4.69, 9.17) is 0 Å². The Bertz CT molecular complexity index is 730. The number of aliphatic hydroxyl groups is 3. The molecule has 3 N–H and O–H groups in total. The smallest absolute Gasteiger partial charge is 0.0688 e. The van der Waals surface area contributed by atoms with Crippen LogP contribution in [-0.2, 0) is 25.2 Å². The van der Waals surface area contributed by atoms with Crippen LogP contribution in [0.25, 0.3) is 11.1 Å². The zero-order valence-electron chi connectivity index (χ0n) is 13.8. The minimum absolute atomic E-state index is 0.0258. The average molecular weight is 312 g/mol. The molecule has 23 heavy (non-hydrogen) atoms. The molecule has 0 aliphatic heterocycles. The topological polar surface area (TPSA) is 60.7 Å². The first kappa shape index (κ1) is 16.2. The lowest BCUT2D eigenvalue weighted by molar-refractivity contribution is 0.275. The first-order valence-corrected chi connectivity index (χ1v) is 8.27. The highest BCUT2D eigenvalue weighted by Gasteiger charge is 2.41. The van der Waals surface area contributed by atoms with Crippen molar-refractivity contribution >= 4 is 0 Å². The van der Waals surface area contributed by atoms with E-state index in [-0.39, 0.29) is 25.2 Å². The van der Waals surface area contributed by atoms with Gasteiger partial charge in [-0.3, -0.25) is 0 Å². The van der Waals surface area contributed by atoms with Gasteiger partial charge in [-0.25, -0.2) is 0 Å². The van der Waals surface area contributed by atoms with Gasteiger partial charge < -0.3 is 15.3 Å². The molecular weight excluding hydrogens is 288 g/mol. The highest BCUT2D eigenvalue weighted by molar-refractivity contribution is 5.84. The average Bonchev–Trinajstić information content (AvgIpc) is 2.89. The molecule has 3 nitrogen and oxygen atoms in total. The maximum Gasteiger partial charge on any atom is 0.0688 e. The summed E-state index contributed by atoms with van der Waals surface area (Å²) in [6.45, 7) is 4.32. The fourth-order valence-electron chi connectivity index (χ4n) is 4.14. The molecule has 122 valence electrons. The van der Waals surface area contributed by atoms with E-state index in [1.165, 1.54) is 11.1 Å². The molecule has 3 heteroatoms. The molecule has 2 aromatic carbocycles. The largest absolute Gasteiger partial charge is 0.392 e. The molecule has 0 bridgehead atoms. The lowest BCUT2D eigenvalue weighted by atomic mass is 9.73. The maximum atomic E-state index is 9.84. The molecule has 0 atom stereocenters. The third-order valence-corrected chi connectivity index (χ3v) is 5.41. The third-order valence-electron chi connectivity index (χ3n) is 5.41. The Morgan fingerprint density at radius 3 is 2.00 bits per heavy atom. The zero-order valence-corrected chi connectivity index (χ0v) is 13.8. The van der Waals surface area contributed by atoms with Crippen molar-refractivity contribution < 1.29 is 15.3 Å². The molecule has 0 unspecified atom stereocenters. The van der Waals surface area contributed by atoms with Crippen LogP contribution in [0.1, 0.15) is 54.5 Å². The second-order valence-corrected chi connectivity index (χ2v) is 6.32. The minimum atomic E-state index is -0.120. The Morgan fingerprint density at radius 1 is 0.783 bits per heavy atom. The SMILES string of the molecule is CCC1(CC)c2cc(CO)ccc2-c2c(CO)cc(CO)cc21. The normalized spacial score (nSPS) is 14.7. The van der Waals surface area contributed by atoms with Gasteiger partial charge >= 0.3 is 0 Å². The number of hydrogen-bond acceptors (Lipinski definition) is 3. The summed E-state index contributed by atoms with van der Waals surface area (Å²) in [7, 11) is 0. The van der Waals surface area contributed by atoms with Gasteiger partial charge in [-0.05, 0) is 51.8 Å². The fourth-order valence-corrected chi connectivity index (χ4v) is 4.14. The molecule has 0 saturated carbocycles.